The zero-order valence-electron chi connectivity index (χ0n) is 10.3. The molecule has 1 N–H and O–H groups in total. The highest BCUT2D eigenvalue weighted by Crippen LogP contribution is 2.22. The van der Waals surface area contributed by atoms with E-state index in [0.717, 1.165) is 25.9 Å². The van der Waals surface area contributed by atoms with Crippen molar-refractivity contribution in [2.24, 2.45) is 0 Å². The Balaban J connectivity index is 2.22. The molecule has 1 aliphatic rings. The van der Waals surface area contributed by atoms with Crippen LogP contribution in [-0.2, 0) is 24.2 Å². The molecule has 0 aliphatic carbocycles. The third kappa shape index (κ3) is 3.07. The SMILES string of the molecule is CN1CCCc2c(CCC(=O)O)cccc2C1. The second-order valence-corrected chi connectivity index (χ2v) is 4.79. The van der Waals surface area contributed by atoms with Gasteiger partial charge in [0.2, 0.25) is 0 Å². The predicted octanol–water partition coefficient (Wildman–Crippen LogP) is 2.08. The highest BCUT2D eigenvalue weighted by Gasteiger charge is 2.14. The third-order valence-corrected chi connectivity index (χ3v) is 3.39. The molecule has 0 spiro atoms. The normalized spacial score (nSPS) is 16.3. The molecule has 1 aromatic carbocycles. The van der Waals surface area contributed by atoms with Gasteiger partial charge in [0.25, 0.3) is 0 Å². The molecular weight excluding hydrogens is 214 g/mol. The molecule has 0 amide bonds. The summed E-state index contributed by atoms with van der Waals surface area (Å²) in [7, 11) is 2.14. The zero-order valence-corrected chi connectivity index (χ0v) is 10.3. The molecular formula is C14H19NO2. The fraction of sp³-hybridized carbons (Fsp3) is 0.500. The van der Waals surface area contributed by atoms with Crippen LogP contribution in [-0.4, -0.2) is 29.6 Å². The minimum atomic E-state index is -0.714. The molecule has 1 heterocycles. The van der Waals surface area contributed by atoms with Crippen LogP contribution in [0.15, 0.2) is 18.2 Å². The summed E-state index contributed by atoms with van der Waals surface area (Å²) in [4.78, 5) is 13.0. The van der Waals surface area contributed by atoms with Gasteiger partial charge in [-0.25, -0.2) is 0 Å². The van der Waals surface area contributed by atoms with Gasteiger partial charge >= 0.3 is 5.97 Å². The first-order valence-electron chi connectivity index (χ1n) is 6.17. The van der Waals surface area contributed by atoms with Crippen molar-refractivity contribution < 1.29 is 9.90 Å². The molecule has 0 saturated carbocycles. The van der Waals surface area contributed by atoms with Gasteiger partial charge in [-0.2, -0.15) is 0 Å². The van der Waals surface area contributed by atoms with Crippen molar-refractivity contribution in [3.05, 3.63) is 34.9 Å². The summed E-state index contributed by atoms with van der Waals surface area (Å²) < 4.78 is 0. The second-order valence-electron chi connectivity index (χ2n) is 4.79. The van der Waals surface area contributed by atoms with E-state index in [0.29, 0.717) is 6.42 Å². The van der Waals surface area contributed by atoms with E-state index < -0.39 is 5.97 Å². The Labute approximate surface area is 102 Å². The van der Waals surface area contributed by atoms with Crippen LogP contribution < -0.4 is 0 Å². The Morgan fingerprint density at radius 2 is 2.29 bits per heavy atom. The summed E-state index contributed by atoms with van der Waals surface area (Å²) in [5, 5.41) is 8.77. The van der Waals surface area contributed by atoms with Gasteiger partial charge in [0.05, 0.1) is 0 Å². The first-order valence-corrected chi connectivity index (χ1v) is 6.17. The van der Waals surface area contributed by atoms with Crippen LogP contribution >= 0.6 is 0 Å². The molecule has 0 saturated heterocycles. The van der Waals surface area contributed by atoms with Crippen molar-refractivity contribution in [2.45, 2.75) is 32.2 Å². The number of hydrogen-bond donors (Lipinski definition) is 1. The smallest absolute Gasteiger partial charge is 0.303 e. The lowest BCUT2D eigenvalue weighted by Crippen LogP contribution is -2.17. The topological polar surface area (TPSA) is 40.5 Å². The average Bonchev–Trinajstić information content (AvgIpc) is 2.47. The van der Waals surface area contributed by atoms with Gasteiger partial charge in [0, 0.05) is 13.0 Å². The fourth-order valence-corrected chi connectivity index (χ4v) is 2.53. The average molecular weight is 233 g/mol. The van der Waals surface area contributed by atoms with E-state index in [2.05, 4.69) is 30.1 Å². The number of aliphatic carboxylic acids is 1. The van der Waals surface area contributed by atoms with E-state index >= 15 is 0 Å². The molecule has 0 atom stereocenters. The van der Waals surface area contributed by atoms with Gasteiger partial charge in [0.1, 0.15) is 0 Å². The molecule has 1 aliphatic heterocycles. The van der Waals surface area contributed by atoms with Gasteiger partial charge in [0.15, 0.2) is 0 Å². The number of rotatable bonds is 3. The van der Waals surface area contributed by atoms with Crippen LogP contribution in [0.5, 0.6) is 0 Å². The molecule has 3 heteroatoms. The molecule has 0 unspecified atom stereocenters. The second kappa shape index (κ2) is 5.32. The van der Waals surface area contributed by atoms with Crippen LogP contribution in [0.2, 0.25) is 0 Å². The number of nitrogens with zero attached hydrogens (tertiary/aromatic N) is 1. The van der Waals surface area contributed by atoms with Crippen molar-refractivity contribution in [2.75, 3.05) is 13.6 Å². The molecule has 0 aromatic heterocycles. The summed E-state index contributed by atoms with van der Waals surface area (Å²) in [5.41, 5.74) is 3.98. The Morgan fingerprint density at radius 1 is 1.47 bits per heavy atom. The molecule has 0 radical (unpaired) electrons. The molecule has 0 bridgehead atoms. The molecule has 2 rings (SSSR count). The van der Waals surface area contributed by atoms with E-state index in [1.807, 2.05) is 0 Å². The van der Waals surface area contributed by atoms with Crippen LogP contribution in [0.4, 0.5) is 0 Å². The van der Waals surface area contributed by atoms with Gasteiger partial charge in [-0.15, -0.1) is 0 Å². The van der Waals surface area contributed by atoms with E-state index in [-0.39, 0.29) is 6.42 Å². The standard InChI is InChI=1S/C14H19NO2/c1-15-9-3-6-13-11(7-8-14(16)17)4-2-5-12(13)10-15/h2,4-5H,3,6-10H2,1H3,(H,16,17). The predicted molar refractivity (Wildman–Crippen MR) is 67.1 cm³/mol. The van der Waals surface area contributed by atoms with Crippen molar-refractivity contribution in [3.63, 3.8) is 0 Å². The summed E-state index contributed by atoms with van der Waals surface area (Å²) in [6.45, 7) is 2.10. The first kappa shape index (κ1) is 12.1. The maximum atomic E-state index is 10.7. The Hall–Kier alpha value is -1.35. The minimum absolute atomic E-state index is 0.228. The number of fused-ring (bicyclic) bond motifs is 1. The number of hydrogen-bond acceptors (Lipinski definition) is 2. The zero-order chi connectivity index (χ0) is 12.3. The van der Waals surface area contributed by atoms with Crippen LogP contribution in [0.3, 0.4) is 0 Å². The largest absolute Gasteiger partial charge is 0.481 e. The monoisotopic (exact) mass is 233 g/mol. The van der Waals surface area contributed by atoms with Gasteiger partial charge in [-0.3, -0.25) is 4.79 Å². The van der Waals surface area contributed by atoms with Crippen LogP contribution in [0.25, 0.3) is 0 Å². The highest BCUT2D eigenvalue weighted by molar-refractivity contribution is 5.67. The van der Waals surface area contributed by atoms with Gasteiger partial charge in [-0.1, -0.05) is 18.2 Å². The summed E-state index contributed by atoms with van der Waals surface area (Å²) in [5.74, 6) is -0.714. The lowest BCUT2D eigenvalue weighted by Gasteiger charge is -2.14. The maximum Gasteiger partial charge on any atom is 0.303 e. The minimum Gasteiger partial charge on any atom is -0.481 e. The van der Waals surface area contributed by atoms with Gasteiger partial charge < -0.3 is 10.0 Å². The van der Waals surface area contributed by atoms with E-state index in [9.17, 15) is 4.79 Å². The van der Waals surface area contributed by atoms with Crippen molar-refractivity contribution in [3.8, 4) is 0 Å². The Morgan fingerprint density at radius 3 is 3.06 bits per heavy atom. The molecule has 0 fully saturated rings. The number of carboxylic acids is 1. The van der Waals surface area contributed by atoms with Crippen LogP contribution in [0, 0.1) is 0 Å². The van der Waals surface area contributed by atoms with Crippen LogP contribution in [0.1, 0.15) is 29.5 Å². The molecule has 3 nitrogen and oxygen atoms in total. The molecule has 17 heavy (non-hydrogen) atoms. The lowest BCUT2D eigenvalue weighted by atomic mass is 9.95. The summed E-state index contributed by atoms with van der Waals surface area (Å²) in [6, 6.07) is 6.30. The maximum absolute atomic E-state index is 10.7. The highest BCUT2D eigenvalue weighted by atomic mass is 16.4. The Bertz CT molecular complexity index is 415. The number of benzene rings is 1. The lowest BCUT2D eigenvalue weighted by molar-refractivity contribution is -0.136. The summed E-state index contributed by atoms with van der Waals surface area (Å²) in [6.07, 6.45) is 3.12. The first-order chi connectivity index (χ1) is 8.16. The molecule has 92 valence electrons. The van der Waals surface area contributed by atoms with Crippen molar-refractivity contribution >= 4 is 5.97 Å². The Kier molecular flexibility index (Phi) is 3.79. The van der Waals surface area contributed by atoms with Gasteiger partial charge in [-0.05, 0) is 49.5 Å². The van der Waals surface area contributed by atoms with E-state index in [4.69, 9.17) is 5.11 Å². The molecule has 1 aromatic rings. The third-order valence-electron chi connectivity index (χ3n) is 3.39. The van der Waals surface area contributed by atoms with E-state index in [1.54, 1.807) is 0 Å². The van der Waals surface area contributed by atoms with Crippen molar-refractivity contribution in [1.82, 2.24) is 4.90 Å². The fourth-order valence-electron chi connectivity index (χ4n) is 2.53. The van der Waals surface area contributed by atoms with E-state index in [1.165, 1.54) is 16.7 Å². The number of aryl methyl sites for hydroxylation is 1. The summed E-state index contributed by atoms with van der Waals surface area (Å²) >= 11 is 0. The quantitative estimate of drug-likeness (QED) is 0.869. The number of carbonyl (C=O) groups is 1. The van der Waals surface area contributed by atoms with Crippen molar-refractivity contribution in [1.29, 1.82) is 0 Å². The number of carboxylic acid groups (broad SMARTS) is 1.